The summed E-state index contributed by atoms with van der Waals surface area (Å²) >= 11 is 0. The molecule has 0 heterocycles. The van der Waals surface area contributed by atoms with Gasteiger partial charge in [0.15, 0.2) is 4.58 Å². The minimum Gasteiger partial charge on any atom is -0.454 e. The number of esters is 1. The minimum absolute atomic E-state index is 0.189. The average molecular weight is 498 g/mol. The van der Waals surface area contributed by atoms with Crippen LogP contribution >= 0.6 is 0 Å². The van der Waals surface area contributed by atoms with E-state index in [4.69, 9.17) is 4.74 Å². The number of carbonyl (C=O) groups excluding carboxylic acids is 1. The van der Waals surface area contributed by atoms with Gasteiger partial charge < -0.3 is 4.74 Å². The van der Waals surface area contributed by atoms with Gasteiger partial charge in [0, 0.05) is 6.42 Å². The quantitative estimate of drug-likeness (QED) is 0.396. The van der Waals surface area contributed by atoms with Crippen LogP contribution in [0.3, 0.4) is 0 Å². The van der Waals surface area contributed by atoms with Crippen LogP contribution < -0.4 is 0 Å². The van der Waals surface area contributed by atoms with Gasteiger partial charge in [-0.25, -0.2) is 16.8 Å². The third kappa shape index (κ3) is 5.70. The first-order chi connectivity index (χ1) is 13.8. The molecule has 0 N–H and O–H groups in total. The van der Waals surface area contributed by atoms with Crippen molar-refractivity contribution in [2.75, 3.05) is 0 Å². The Morgan fingerprint density at radius 1 is 0.935 bits per heavy atom. The lowest BCUT2D eigenvalue weighted by Gasteiger charge is -2.34. The van der Waals surface area contributed by atoms with Crippen LogP contribution in [-0.4, -0.2) is 38.4 Å². The third-order valence-electron chi connectivity index (χ3n) is 4.62. The number of ether oxygens (including phenoxy) is 1. The molecule has 0 spiro atoms. The lowest BCUT2D eigenvalue weighted by Crippen LogP contribution is -2.49. The van der Waals surface area contributed by atoms with E-state index in [2.05, 4.69) is 0 Å². The predicted molar refractivity (Wildman–Crippen MR) is 97.7 cm³/mol. The van der Waals surface area contributed by atoms with E-state index in [9.17, 15) is 48.0 Å². The van der Waals surface area contributed by atoms with Gasteiger partial charge in [0.1, 0.15) is 5.60 Å². The molecular formula is C17H20F6O6S2. The molecule has 0 aliphatic carbocycles. The molecule has 0 fully saturated rings. The number of halogens is 6. The van der Waals surface area contributed by atoms with E-state index in [-0.39, 0.29) is 12.0 Å². The van der Waals surface area contributed by atoms with Crippen LogP contribution in [0.15, 0.2) is 30.3 Å². The number of benzene rings is 1. The summed E-state index contributed by atoms with van der Waals surface area (Å²) < 4.78 is 127. The van der Waals surface area contributed by atoms with Crippen molar-refractivity contribution in [2.45, 2.75) is 54.8 Å². The predicted octanol–water partition coefficient (Wildman–Crippen LogP) is 4.08. The van der Waals surface area contributed by atoms with Crippen LogP contribution in [0.4, 0.5) is 26.3 Å². The number of hydrogen-bond acceptors (Lipinski definition) is 6. The smallest absolute Gasteiger partial charge is 0.454 e. The van der Waals surface area contributed by atoms with E-state index < -0.39 is 59.2 Å². The summed E-state index contributed by atoms with van der Waals surface area (Å²) in [5.41, 5.74) is -15.3. The molecular weight excluding hydrogens is 478 g/mol. The standard InChI is InChI=1S/C17H20F6O6S2/c1-4-11(2)14(24)29-15(3,12-8-6-5-7-9-12)10-13(30(25,26)16(18,19)20)31(27,28)17(21,22)23/h5-9,11,13H,4,10H2,1-3H3. The van der Waals surface area contributed by atoms with E-state index in [0.717, 1.165) is 19.1 Å². The molecule has 31 heavy (non-hydrogen) atoms. The molecule has 0 aromatic heterocycles. The van der Waals surface area contributed by atoms with Gasteiger partial charge >= 0.3 is 17.0 Å². The number of carbonyl (C=O) groups is 1. The minimum atomic E-state index is -6.88. The summed E-state index contributed by atoms with van der Waals surface area (Å²) in [4.78, 5) is 12.3. The first-order valence-corrected chi connectivity index (χ1v) is 11.8. The number of hydrogen-bond donors (Lipinski definition) is 0. The van der Waals surface area contributed by atoms with Crippen molar-refractivity contribution in [1.29, 1.82) is 0 Å². The molecule has 2 unspecified atom stereocenters. The second kappa shape index (κ2) is 8.96. The molecule has 0 bridgehead atoms. The second-order valence-corrected chi connectivity index (χ2v) is 11.5. The van der Waals surface area contributed by atoms with Crippen molar-refractivity contribution in [3.05, 3.63) is 35.9 Å². The van der Waals surface area contributed by atoms with E-state index in [0.29, 0.717) is 0 Å². The highest BCUT2D eigenvalue weighted by molar-refractivity contribution is 8.09. The molecule has 6 nitrogen and oxygen atoms in total. The SMILES string of the molecule is CCC(C)C(=O)OC(C)(CC(S(=O)(=O)C(F)(F)F)S(=O)(=O)C(F)(F)F)c1ccccc1. The van der Waals surface area contributed by atoms with E-state index in [1.54, 1.807) is 6.92 Å². The fraction of sp³-hybridized carbons (Fsp3) is 0.588. The Balaban J connectivity index is 3.74. The van der Waals surface area contributed by atoms with Gasteiger partial charge in [-0.3, -0.25) is 4.79 Å². The van der Waals surface area contributed by atoms with Crippen LogP contribution in [0.5, 0.6) is 0 Å². The molecule has 0 aliphatic heterocycles. The molecule has 1 aromatic carbocycles. The van der Waals surface area contributed by atoms with Crippen LogP contribution in [0.25, 0.3) is 0 Å². The summed E-state index contributed by atoms with van der Waals surface area (Å²) in [5, 5.41) is 0. The summed E-state index contributed by atoms with van der Waals surface area (Å²) in [7, 11) is -13.8. The Kier molecular flexibility index (Phi) is 7.86. The Morgan fingerprint density at radius 2 is 1.35 bits per heavy atom. The Morgan fingerprint density at radius 3 is 1.71 bits per heavy atom. The lowest BCUT2D eigenvalue weighted by atomic mass is 9.92. The summed E-state index contributed by atoms with van der Waals surface area (Å²) in [6, 6.07) is 6.34. The molecule has 1 aromatic rings. The Bertz CT molecular complexity index is 942. The largest absolute Gasteiger partial charge is 0.498 e. The van der Waals surface area contributed by atoms with Crippen molar-refractivity contribution < 1.29 is 52.7 Å². The fourth-order valence-electron chi connectivity index (χ4n) is 2.50. The molecule has 0 amide bonds. The van der Waals surface area contributed by atoms with Gasteiger partial charge in [-0.15, -0.1) is 0 Å². The first-order valence-electron chi connectivity index (χ1n) is 8.70. The van der Waals surface area contributed by atoms with Gasteiger partial charge in [-0.05, 0) is 18.9 Å². The van der Waals surface area contributed by atoms with Gasteiger partial charge in [0.2, 0.25) is 0 Å². The van der Waals surface area contributed by atoms with Gasteiger partial charge in [0.25, 0.3) is 19.7 Å². The molecule has 0 aliphatic rings. The Hall–Kier alpha value is -1.83. The Labute approximate surface area is 175 Å². The first kappa shape index (κ1) is 27.2. The average Bonchev–Trinajstić information content (AvgIpc) is 2.64. The highest BCUT2D eigenvalue weighted by Gasteiger charge is 2.64. The van der Waals surface area contributed by atoms with Crippen molar-refractivity contribution >= 4 is 25.6 Å². The molecule has 0 radical (unpaired) electrons. The van der Waals surface area contributed by atoms with Crippen LogP contribution in [0, 0.1) is 5.92 Å². The van der Waals surface area contributed by atoms with E-state index in [1.165, 1.54) is 25.1 Å². The summed E-state index contributed by atoms with van der Waals surface area (Å²) in [6.07, 6.45) is -1.64. The lowest BCUT2D eigenvalue weighted by molar-refractivity contribution is -0.164. The molecule has 178 valence electrons. The maximum Gasteiger partial charge on any atom is 0.498 e. The zero-order valence-corrected chi connectivity index (χ0v) is 18.1. The van der Waals surface area contributed by atoms with E-state index in [1.807, 2.05) is 0 Å². The molecule has 14 heteroatoms. The number of sulfone groups is 2. The molecule has 0 saturated carbocycles. The topological polar surface area (TPSA) is 94.6 Å². The third-order valence-corrected chi connectivity index (χ3v) is 9.15. The van der Waals surface area contributed by atoms with Crippen molar-refractivity contribution in [3.63, 3.8) is 0 Å². The summed E-state index contributed by atoms with van der Waals surface area (Å²) in [5.74, 6) is -1.90. The number of alkyl halides is 6. The fourth-order valence-corrected chi connectivity index (χ4v) is 6.16. The zero-order valence-electron chi connectivity index (χ0n) is 16.5. The molecule has 2 atom stereocenters. The maximum atomic E-state index is 13.1. The molecule has 0 saturated heterocycles. The normalized spacial score (nSPS) is 16.6. The second-order valence-electron chi connectivity index (χ2n) is 6.94. The van der Waals surface area contributed by atoms with Crippen molar-refractivity contribution in [3.8, 4) is 0 Å². The highest BCUT2D eigenvalue weighted by Crippen LogP contribution is 2.43. The monoisotopic (exact) mass is 498 g/mol. The van der Waals surface area contributed by atoms with Crippen LogP contribution in [0.2, 0.25) is 0 Å². The van der Waals surface area contributed by atoms with Gasteiger partial charge in [-0.2, -0.15) is 26.3 Å². The highest BCUT2D eigenvalue weighted by atomic mass is 32.3. The number of rotatable bonds is 8. The zero-order chi connectivity index (χ0) is 24.5. The summed E-state index contributed by atoms with van der Waals surface area (Å²) in [6.45, 7) is 3.77. The van der Waals surface area contributed by atoms with Crippen molar-refractivity contribution in [1.82, 2.24) is 0 Å². The van der Waals surface area contributed by atoms with Gasteiger partial charge in [-0.1, -0.05) is 44.2 Å². The van der Waals surface area contributed by atoms with Crippen LogP contribution in [-0.2, 0) is 34.8 Å². The van der Waals surface area contributed by atoms with Gasteiger partial charge in [0.05, 0.1) is 5.92 Å². The van der Waals surface area contributed by atoms with Crippen LogP contribution in [0.1, 0.15) is 39.2 Å². The molecule has 1 rings (SSSR count). The van der Waals surface area contributed by atoms with E-state index >= 15 is 0 Å². The van der Waals surface area contributed by atoms with Crippen molar-refractivity contribution in [2.24, 2.45) is 5.92 Å². The maximum absolute atomic E-state index is 13.1.